The summed E-state index contributed by atoms with van der Waals surface area (Å²) < 4.78 is 37.9. The Bertz CT molecular complexity index is 328. The van der Waals surface area contributed by atoms with Gasteiger partial charge in [0.1, 0.15) is 0 Å². The van der Waals surface area contributed by atoms with Crippen molar-refractivity contribution in [1.82, 2.24) is 0 Å². The second kappa shape index (κ2) is 4.08. The van der Waals surface area contributed by atoms with Crippen molar-refractivity contribution in [3.63, 3.8) is 0 Å². The summed E-state index contributed by atoms with van der Waals surface area (Å²) in [6, 6.07) is 0. The van der Waals surface area contributed by atoms with Crippen LogP contribution in [-0.2, 0) is 4.79 Å². The summed E-state index contributed by atoms with van der Waals surface area (Å²) in [7, 11) is 0. The summed E-state index contributed by atoms with van der Waals surface area (Å²) in [4.78, 5) is 10.9. The maximum Gasteiger partial charge on any atom is 0.396 e. The first kappa shape index (κ1) is 11.8. The number of allylic oxidation sites excluding steroid dienone is 3. The average molecular weight is 219 g/mol. The molecular weight excluding hydrogens is 207 g/mol. The summed E-state index contributed by atoms with van der Waals surface area (Å²) in [5.74, 6) is -2.74. The van der Waals surface area contributed by atoms with Crippen LogP contribution in [0.2, 0.25) is 0 Å². The summed E-state index contributed by atoms with van der Waals surface area (Å²) in [5, 5.41) is 0. The molecule has 84 valence electrons. The fourth-order valence-corrected chi connectivity index (χ4v) is 1.61. The number of alkyl halides is 3. The molecule has 0 saturated carbocycles. The van der Waals surface area contributed by atoms with Gasteiger partial charge in [0.15, 0.2) is 0 Å². The van der Waals surface area contributed by atoms with Crippen LogP contribution >= 0.6 is 0 Å². The van der Waals surface area contributed by atoms with E-state index in [9.17, 15) is 18.0 Å². The number of carbonyl (C=O) groups is 1. The van der Waals surface area contributed by atoms with Gasteiger partial charge < -0.3 is 5.73 Å². The van der Waals surface area contributed by atoms with Gasteiger partial charge >= 0.3 is 6.18 Å². The van der Waals surface area contributed by atoms with Crippen molar-refractivity contribution in [2.75, 3.05) is 0 Å². The molecule has 1 aliphatic carbocycles. The molecule has 0 aromatic heterocycles. The third kappa shape index (κ3) is 2.84. The van der Waals surface area contributed by atoms with Crippen molar-refractivity contribution in [3.8, 4) is 0 Å². The van der Waals surface area contributed by atoms with Gasteiger partial charge in [-0.15, -0.1) is 0 Å². The molecule has 0 bridgehead atoms. The SMILES string of the molecule is CC1=CCC=C(C(N)=O)C(C(F)(F)F)C1. The summed E-state index contributed by atoms with van der Waals surface area (Å²) in [6.07, 6.45) is -1.33. The lowest BCUT2D eigenvalue weighted by atomic mass is 9.92. The Hall–Kier alpha value is -1.26. The molecule has 0 aliphatic heterocycles. The molecule has 5 heteroatoms. The topological polar surface area (TPSA) is 43.1 Å². The molecular formula is C10H12F3NO. The molecule has 0 aromatic carbocycles. The second-order valence-corrected chi connectivity index (χ2v) is 3.61. The number of rotatable bonds is 1. The number of amides is 1. The smallest absolute Gasteiger partial charge is 0.366 e. The molecule has 0 aromatic rings. The lowest BCUT2D eigenvalue weighted by Crippen LogP contribution is -2.31. The Labute approximate surface area is 85.6 Å². The van der Waals surface area contributed by atoms with Crippen LogP contribution in [0.1, 0.15) is 19.8 Å². The zero-order valence-electron chi connectivity index (χ0n) is 8.27. The van der Waals surface area contributed by atoms with E-state index in [-0.39, 0.29) is 12.0 Å². The summed E-state index contributed by atoms with van der Waals surface area (Å²) in [6.45, 7) is 1.62. The van der Waals surface area contributed by atoms with E-state index < -0.39 is 18.0 Å². The lowest BCUT2D eigenvalue weighted by molar-refractivity contribution is -0.165. The van der Waals surface area contributed by atoms with E-state index in [1.165, 1.54) is 6.08 Å². The quantitative estimate of drug-likeness (QED) is 0.676. The number of carbonyl (C=O) groups excluding carboxylic acids is 1. The fourth-order valence-electron chi connectivity index (χ4n) is 1.61. The first-order chi connectivity index (χ1) is 6.82. The highest BCUT2D eigenvalue weighted by Gasteiger charge is 2.43. The van der Waals surface area contributed by atoms with Gasteiger partial charge in [-0.25, -0.2) is 0 Å². The van der Waals surface area contributed by atoms with Gasteiger partial charge in [-0.3, -0.25) is 4.79 Å². The van der Waals surface area contributed by atoms with Crippen LogP contribution in [0.4, 0.5) is 13.2 Å². The van der Waals surface area contributed by atoms with E-state index in [4.69, 9.17) is 5.73 Å². The predicted molar refractivity (Wildman–Crippen MR) is 49.8 cm³/mol. The van der Waals surface area contributed by atoms with Crippen LogP contribution in [0.25, 0.3) is 0 Å². The Morgan fingerprint density at radius 2 is 2.07 bits per heavy atom. The molecule has 1 atom stereocenters. The van der Waals surface area contributed by atoms with Gasteiger partial charge in [0.25, 0.3) is 0 Å². The van der Waals surface area contributed by atoms with Gasteiger partial charge in [0.05, 0.1) is 5.92 Å². The van der Waals surface area contributed by atoms with Gasteiger partial charge in [-0.1, -0.05) is 17.7 Å². The molecule has 15 heavy (non-hydrogen) atoms. The zero-order chi connectivity index (χ0) is 11.6. The molecule has 0 fully saturated rings. The number of hydrogen-bond acceptors (Lipinski definition) is 1. The number of hydrogen-bond donors (Lipinski definition) is 1. The highest BCUT2D eigenvalue weighted by molar-refractivity contribution is 5.92. The molecule has 1 rings (SSSR count). The van der Waals surface area contributed by atoms with Crippen molar-refractivity contribution in [1.29, 1.82) is 0 Å². The van der Waals surface area contributed by atoms with Gasteiger partial charge in [0.2, 0.25) is 5.91 Å². The third-order valence-electron chi connectivity index (χ3n) is 2.39. The summed E-state index contributed by atoms with van der Waals surface area (Å²) >= 11 is 0. The van der Waals surface area contributed by atoms with Crippen LogP contribution in [0, 0.1) is 5.92 Å². The van der Waals surface area contributed by atoms with Crippen LogP contribution in [0.5, 0.6) is 0 Å². The van der Waals surface area contributed by atoms with E-state index >= 15 is 0 Å². The van der Waals surface area contributed by atoms with Crippen LogP contribution in [0.15, 0.2) is 23.3 Å². The summed E-state index contributed by atoms with van der Waals surface area (Å²) in [5.41, 5.74) is 5.24. The molecule has 1 amide bonds. The Balaban J connectivity index is 3.05. The normalized spacial score (nSPS) is 22.8. The van der Waals surface area contributed by atoms with E-state index in [1.54, 1.807) is 13.0 Å². The maximum absolute atomic E-state index is 12.6. The van der Waals surface area contributed by atoms with Crippen LogP contribution < -0.4 is 5.73 Å². The third-order valence-corrected chi connectivity index (χ3v) is 2.39. The molecule has 2 nitrogen and oxygen atoms in total. The van der Waals surface area contributed by atoms with Crippen LogP contribution in [0.3, 0.4) is 0 Å². The van der Waals surface area contributed by atoms with Crippen molar-refractivity contribution >= 4 is 5.91 Å². The van der Waals surface area contributed by atoms with Crippen molar-refractivity contribution in [2.24, 2.45) is 11.7 Å². The highest BCUT2D eigenvalue weighted by Crippen LogP contribution is 2.37. The van der Waals surface area contributed by atoms with E-state index in [0.29, 0.717) is 12.0 Å². The van der Waals surface area contributed by atoms with Gasteiger partial charge in [-0.05, 0) is 19.8 Å². The minimum absolute atomic E-state index is 0.182. The first-order valence-electron chi connectivity index (χ1n) is 4.54. The number of primary amides is 1. The van der Waals surface area contributed by atoms with Gasteiger partial charge in [0, 0.05) is 5.57 Å². The molecule has 0 radical (unpaired) electrons. The minimum Gasteiger partial charge on any atom is -0.366 e. The van der Waals surface area contributed by atoms with Crippen molar-refractivity contribution in [3.05, 3.63) is 23.3 Å². The number of halogens is 3. The fraction of sp³-hybridized carbons (Fsp3) is 0.500. The van der Waals surface area contributed by atoms with Crippen LogP contribution in [-0.4, -0.2) is 12.1 Å². The second-order valence-electron chi connectivity index (χ2n) is 3.61. The number of nitrogens with two attached hydrogens (primary N) is 1. The first-order valence-corrected chi connectivity index (χ1v) is 4.54. The molecule has 0 spiro atoms. The van der Waals surface area contributed by atoms with Crippen molar-refractivity contribution in [2.45, 2.75) is 25.9 Å². The Kier molecular flexibility index (Phi) is 3.21. The maximum atomic E-state index is 12.6. The van der Waals surface area contributed by atoms with E-state index in [0.717, 1.165) is 0 Å². The zero-order valence-corrected chi connectivity index (χ0v) is 8.27. The monoisotopic (exact) mass is 219 g/mol. The minimum atomic E-state index is -4.42. The molecule has 0 saturated heterocycles. The molecule has 0 heterocycles. The predicted octanol–water partition coefficient (Wildman–Crippen LogP) is 2.32. The van der Waals surface area contributed by atoms with Crippen molar-refractivity contribution < 1.29 is 18.0 Å². The lowest BCUT2D eigenvalue weighted by Gasteiger charge is -2.20. The Morgan fingerprint density at radius 3 is 2.53 bits per heavy atom. The van der Waals surface area contributed by atoms with Gasteiger partial charge in [-0.2, -0.15) is 13.2 Å². The Morgan fingerprint density at radius 1 is 1.47 bits per heavy atom. The van der Waals surface area contributed by atoms with E-state index in [1.807, 2.05) is 0 Å². The molecule has 1 aliphatic rings. The van der Waals surface area contributed by atoms with E-state index in [2.05, 4.69) is 0 Å². The average Bonchev–Trinajstić information content (AvgIpc) is 2.25. The molecule has 1 unspecified atom stereocenters. The largest absolute Gasteiger partial charge is 0.396 e. The highest BCUT2D eigenvalue weighted by atomic mass is 19.4. The standard InChI is InChI=1S/C10H12F3NO/c1-6-3-2-4-7(9(14)15)8(5-6)10(11,12)13/h3-4,8H,2,5H2,1H3,(H2,14,15). The molecule has 2 N–H and O–H groups in total.